The van der Waals surface area contributed by atoms with Gasteiger partial charge in [-0.2, -0.15) is 13.2 Å². The number of alkyl halides is 3. The number of H-pyrrole nitrogens is 1. The molecule has 0 atom stereocenters. The first-order chi connectivity index (χ1) is 16.8. The molecule has 0 aliphatic heterocycles. The van der Waals surface area contributed by atoms with Crippen LogP contribution in [-0.2, 0) is 4.79 Å². The lowest BCUT2D eigenvalue weighted by Gasteiger charge is -2.28. The molecule has 2 N–H and O–H groups in total. The number of fused-ring (bicyclic) bond motifs is 1. The van der Waals surface area contributed by atoms with Crippen LogP contribution in [0.15, 0.2) is 48.0 Å². The van der Waals surface area contributed by atoms with Crippen LogP contribution >= 0.6 is 0 Å². The Bertz CT molecular complexity index is 1450. The highest BCUT2D eigenvalue weighted by molar-refractivity contribution is 5.67. The van der Waals surface area contributed by atoms with E-state index in [9.17, 15) is 18.0 Å². The van der Waals surface area contributed by atoms with Gasteiger partial charge in [-0.3, -0.25) is 9.78 Å². The summed E-state index contributed by atoms with van der Waals surface area (Å²) in [5, 5.41) is 9.42. The van der Waals surface area contributed by atoms with Gasteiger partial charge in [0.25, 0.3) is 0 Å². The number of imidazole rings is 1. The highest BCUT2D eigenvalue weighted by Gasteiger charge is 2.33. The Morgan fingerprint density at radius 1 is 1.03 bits per heavy atom. The van der Waals surface area contributed by atoms with Gasteiger partial charge in [0.2, 0.25) is 0 Å². The molecule has 1 aromatic carbocycles. The van der Waals surface area contributed by atoms with Gasteiger partial charge in [0.05, 0.1) is 23.4 Å². The van der Waals surface area contributed by atoms with Crippen LogP contribution < -0.4 is 10.7 Å². The van der Waals surface area contributed by atoms with Crippen molar-refractivity contribution in [2.24, 2.45) is 5.92 Å². The number of rotatable bonds is 5. The van der Waals surface area contributed by atoms with E-state index in [-0.39, 0.29) is 17.7 Å². The molecule has 178 valence electrons. The highest BCUT2D eigenvalue weighted by Crippen LogP contribution is 2.37. The van der Waals surface area contributed by atoms with Crippen LogP contribution in [0.2, 0.25) is 0 Å². The van der Waals surface area contributed by atoms with Gasteiger partial charge in [-0.15, -0.1) is 0 Å². The summed E-state index contributed by atoms with van der Waals surface area (Å²) in [6.45, 7) is 0. The number of carboxylic acids is 1. The van der Waals surface area contributed by atoms with Gasteiger partial charge < -0.3 is 10.1 Å². The first-order valence-electron chi connectivity index (χ1n) is 11.3. The standard InChI is InChI=1S/C26H21F3N4O2/c27-26(28,29)19-9-10-20-21(12-19)33-25(32-20)23-14-30-22(13-31-23)18-7-5-17(6-8-18)16-3-1-15(2-4-16)11-24(34)35/h5-8,12-16H,1-4,11H2,(H,32,33)(H,34,35). The summed E-state index contributed by atoms with van der Waals surface area (Å²) in [6.07, 6.45) is 3.63. The molecule has 9 heteroatoms. The van der Waals surface area contributed by atoms with Crippen molar-refractivity contribution in [3.63, 3.8) is 0 Å². The maximum absolute atomic E-state index is 12.9. The van der Waals surface area contributed by atoms with E-state index in [1.165, 1.54) is 11.8 Å². The van der Waals surface area contributed by atoms with E-state index in [1.54, 1.807) is 6.20 Å². The third kappa shape index (κ3) is 4.97. The number of carboxylic acid groups (broad SMARTS) is 1. The molecular weight excluding hydrogens is 457 g/mol. The molecule has 2 aliphatic carbocycles. The quantitative estimate of drug-likeness (QED) is 0.539. The summed E-state index contributed by atoms with van der Waals surface area (Å²) in [5.74, 6) is 0.281. The molecule has 0 amide bonds. The van der Waals surface area contributed by atoms with E-state index in [2.05, 4.69) is 43.5 Å². The number of aromatic amines is 1. The van der Waals surface area contributed by atoms with Gasteiger partial charge in [-0.1, -0.05) is 30.0 Å². The Morgan fingerprint density at radius 3 is 2.34 bits per heavy atom. The molecule has 1 fully saturated rings. The second-order valence-corrected chi connectivity index (χ2v) is 8.88. The average molecular weight is 478 g/mol. The maximum Gasteiger partial charge on any atom is 0.424 e. The molecular formula is C26H21F3N4O2. The maximum atomic E-state index is 12.9. The van der Waals surface area contributed by atoms with Crippen LogP contribution in [0, 0.1) is 5.92 Å². The van der Waals surface area contributed by atoms with Crippen molar-refractivity contribution in [2.75, 3.05) is 0 Å². The molecule has 35 heavy (non-hydrogen) atoms. The number of aliphatic carboxylic acids is 1. The number of halogens is 3. The summed E-state index contributed by atoms with van der Waals surface area (Å²) in [7, 11) is 0. The Morgan fingerprint density at radius 2 is 1.71 bits per heavy atom. The molecule has 0 bridgehead atoms. The topological polar surface area (TPSA) is 91.8 Å². The fourth-order valence-corrected chi connectivity index (χ4v) is 4.64. The molecule has 0 radical (unpaired) electrons. The molecule has 3 aromatic rings. The highest BCUT2D eigenvalue weighted by atomic mass is 19.4. The van der Waals surface area contributed by atoms with E-state index in [0.29, 0.717) is 28.5 Å². The fourth-order valence-electron chi connectivity index (χ4n) is 4.64. The minimum absolute atomic E-state index is 0.129. The summed E-state index contributed by atoms with van der Waals surface area (Å²) in [5.41, 5.74) is 6.84. The van der Waals surface area contributed by atoms with Gasteiger partial charge in [0.15, 0.2) is 5.82 Å². The third-order valence-electron chi connectivity index (χ3n) is 6.52. The molecule has 5 rings (SSSR count). The number of nitrogens with one attached hydrogen (secondary N) is 1. The van der Waals surface area contributed by atoms with Crippen molar-refractivity contribution in [1.82, 2.24) is 19.9 Å². The fraction of sp³-hybridized carbons (Fsp3) is 0.308. The minimum atomic E-state index is -4.51. The van der Waals surface area contributed by atoms with E-state index in [4.69, 9.17) is 5.11 Å². The zero-order valence-corrected chi connectivity index (χ0v) is 18.6. The number of aromatic nitrogens is 4. The van der Waals surface area contributed by atoms with Gasteiger partial charge in [-0.25, -0.2) is 9.97 Å². The van der Waals surface area contributed by atoms with Crippen molar-refractivity contribution < 1.29 is 23.1 Å². The van der Waals surface area contributed by atoms with Crippen molar-refractivity contribution in [2.45, 2.75) is 44.2 Å². The smallest absolute Gasteiger partial charge is 0.424 e. The van der Waals surface area contributed by atoms with Crippen LogP contribution in [0.3, 0.4) is 0 Å². The van der Waals surface area contributed by atoms with E-state index in [0.717, 1.165) is 37.3 Å². The van der Waals surface area contributed by atoms with Crippen LogP contribution in [0.1, 0.15) is 43.6 Å². The predicted molar refractivity (Wildman–Crippen MR) is 122 cm³/mol. The first kappa shape index (κ1) is 22.8. The number of hydrogen-bond donors (Lipinski definition) is 2. The Hall–Kier alpha value is -3.93. The summed E-state index contributed by atoms with van der Waals surface area (Å²) >= 11 is 0. The van der Waals surface area contributed by atoms with Crippen molar-refractivity contribution in [1.29, 1.82) is 0 Å². The average Bonchev–Trinajstić information content (AvgIpc) is 3.28. The second-order valence-electron chi connectivity index (χ2n) is 8.88. The molecule has 1 saturated carbocycles. The molecule has 2 aliphatic rings. The summed E-state index contributed by atoms with van der Waals surface area (Å²) in [4.78, 5) is 26.9. The van der Waals surface area contributed by atoms with E-state index in [1.807, 2.05) is 12.1 Å². The van der Waals surface area contributed by atoms with Crippen molar-refractivity contribution in [3.8, 4) is 22.8 Å². The molecule has 2 aromatic heterocycles. The van der Waals surface area contributed by atoms with Gasteiger partial charge in [-0.05, 0) is 54.9 Å². The van der Waals surface area contributed by atoms with E-state index >= 15 is 0 Å². The SMILES string of the molecule is O=C(O)CC1CCC(c2ccc(-c3cnc(-c4nc5c([nH]4)=C=C=C(C(F)(F)F)C=5)cn3)cc2)CC1. The molecule has 2 heterocycles. The Balaban J connectivity index is 1.28. The molecule has 0 unspecified atom stereocenters. The number of hydrogen-bond acceptors (Lipinski definition) is 4. The largest absolute Gasteiger partial charge is 0.481 e. The second kappa shape index (κ2) is 9.02. The zero-order valence-electron chi connectivity index (χ0n) is 18.6. The summed E-state index contributed by atoms with van der Waals surface area (Å²) < 4.78 is 38.7. The van der Waals surface area contributed by atoms with Crippen molar-refractivity contribution >= 4 is 17.8 Å². The summed E-state index contributed by atoms with van der Waals surface area (Å²) in [6, 6.07) is 8.15. The van der Waals surface area contributed by atoms with Gasteiger partial charge in [0, 0.05) is 12.0 Å². The van der Waals surface area contributed by atoms with Gasteiger partial charge in [0.1, 0.15) is 16.6 Å². The van der Waals surface area contributed by atoms with E-state index < -0.39 is 17.7 Å². The molecule has 6 nitrogen and oxygen atoms in total. The first-order valence-corrected chi connectivity index (χ1v) is 11.3. The monoisotopic (exact) mass is 478 g/mol. The number of nitrogens with zero attached hydrogens (tertiary/aromatic N) is 3. The zero-order chi connectivity index (χ0) is 24.6. The Kier molecular flexibility index (Phi) is 5.89. The number of allylic oxidation sites excluding steroid dienone is 1. The van der Waals surface area contributed by atoms with Gasteiger partial charge >= 0.3 is 12.1 Å². The number of benzene rings is 1. The van der Waals surface area contributed by atoms with Crippen LogP contribution in [-0.4, -0.2) is 37.2 Å². The normalized spacial score (nSPS) is 19.3. The Labute approximate surface area is 198 Å². The third-order valence-corrected chi connectivity index (χ3v) is 6.52. The lowest BCUT2D eigenvalue weighted by Crippen LogP contribution is -2.26. The lowest BCUT2D eigenvalue weighted by molar-refractivity contribution is -0.138. The number of carbonyl (C=O) groups is 1. The molecule has 0 saturated heterocycles. The van der Waals surface area contributed by atoms with Crippen molar-refractivity contribution in [3.05, 3.63) is 64.2 Å². The molecule has 0 spiro atoms. The lowest BCUT2D eigenvalue weighted by atomic mass is 9.77. The van der Waals surface area contributed by atoms with Crippen LogP contribution in [0.25, 0.3) is 34.6 Å². The minimum Gasteiger partial charge on any atom is -0.481 e. The van der Waals surface area contributed by atoms with Crippen LogP contribution in [0.5, 0.6) is 0 Å². The van der Waals surface area contributed by atoms with Crippen LogP contribution in [0.4, 0.5) is 13.2 Å². The predicted octanol–water partition coefficient (Wildman–Crippen LogP) is 4.10.